The molecule has 2 aliphatic carbocycles. The third kappa shape index (κ3) is 3.47. The van der Waals surface area contributed by atoms with Crippen molar-refractivity contribution in [1.29, 1.82) is 0 Å². The molecule has 0 bridgehead atoms. The van der Waals surface area contributed by atoms with E-state index in [4.69, 9.17) is 0 Å². The van der Waals surface area contributed by atoms with Crippen LogP contribution in [-0.2, 0) is 6.42 Å². The topological polar surface area (TPSA) is 15.3 Å². The molecule has 3 aliphatic rings. The highest BCUT2D eigenvalue weighted by Crippen LogP contribution is 2.60. The van der Waals surface area contributed by atoms with E-state index in [0.29, 0.717) is 6.04 Å². The second-order valence-electron chi connectivity index (χ2n) is 7.65. The van der Waals surface area contributed by atoms with E-state index in [1.54, 1.807) is 5.56 Å². The summed E-state index contributed by atoms with van der Waals surface area (Å²) in [7, 11) is 0. The molecule has 4 rings (SSSR count). The van der Waals surface area contributed by atoms with Gasteiger partial charge in [-0.15, -0.1) is 0 Å². The van der Waals surface area contributed by atoms with Crippen molar-refractivity contribution in [1.82, 2.24) is 10.2 Å². The molecule has 2 fully saturated rings. The number of rotatable bonds is 5. The van der Waals surface area contributed by atoms with Crippen LogP contribution in [0.5, 0.6) is 0 Å². The van der Waals surface area contributed by atoms with Crippen LogP contribution >= 0.6 is 0 Å². The number of nitrogens with one attached hydrogen (secondary N) is 1. The van der Waals surface area contributed by atoms with Crippen LogP contribution in [0.15, 0.2) is 24.3 Å². The number of likely N-dealkylation sites (tertiary alicyclic amines) is 1. The van der Waals surface area contributed by atoms with Crippen molar-refractivity contribution >= 4 is 0 Å². The minimum absolute atomic E-state index is 0.153. The Morgan fingerprint density at radius 2 is 1.88 bits per heavy atom. The lowest BCUT2D eigenvalue weighted by atomic mass is 10.0. The lowest BCUT2D eigenvalue weighted by Crippen LogP contribution is -2.44. The number of fused-ring (bicyclic) bond motifs is 3. The Bertz CT molecular complexity index is 578. The highest BCUT2D eigenvalue weighted by molar-refractivity contribution is 5.43. The van der Waals surface area contributed by atoms with Crippen molar-refractivity contribution in [2.75, 3.05) is 26.2 Å². The Morgan fingerprint density at radius 3 is 2.62 bits per heavy atom. The molecule has 5 heteroatoms. The summed E-state index contributed by atoms with van der Waals surface area (Å²) in [4.78, 5) is 1.95. The first-order chi connectivity index (χ1) is 11.5. The summed E-state index contributed by atoms with van der Waals surface area (Å²) in [6.07, 6.45) is -1.55. The molecule has 1 heterocycles. The van der Waals surface area contributed by atoms with Gasteiger partial charge in [0, 0.05) is 12.6 Å². The molecule has 0 spiro atoms. The van der Waals surface area contributed by atoms with Gasteiger partial charge in [0.05, 0.1) is 6.42 Å². The molecule has 1 saturated heterocycles. The van der Waals surface area contributed by atoms with Gasteiger partial charge >= 0.3 is 6.18 Å². The third-order valence-corrected chi connectivity index (χ3v) is 6.14. The van der Waals surface area contributed by atoms with Crippen LogP contribution in [0.1, 0.15) is 36.3 Å². The van der Waals surface area contributed by atoms with Gasteiger partial charge in [-0.3, -0.25) is 0 Å². The van der Waals surface area contributed by atoms with Crippen molar-refractivity contribution in [3.05, 3.63) is 35.4 Å². The van der Waals surface area contributed by atoms with E-state index in [1.165, 1.54) is 12.0 Å². The molecule has 0 unspecified atom stereocenters. The Labute approximate surface area is 141 Å². The van der Waals surface area contributed by atoms with Gasteiger partial charge in [0.15, 0.2) is 0 Å². The predicted octanol–water partition coefficient (Wildman–Crippen LogP) is 3.58. The number of alkyl halides is 3. The zero-order valence-electron chi connectivity index (χ0n) is 13.9. The van der Waals surface area contributed by atoms with Gasteiger partial charge in [-0.05, 0) is 67.8 Å². The van der Waals surface area contributed by atoms with Crippen LogP contribution < -0.4 is 5.32 Å². The van der Waals surface area contributed by atoms with Crippen molar-refractivity contribution in [2.24, 2.45) is 11.8 Å². The lowest BCUT2D eigenvalue weighted by Gasteiger charge is -2.32. The molecule has 2 nitrogen and oxygen atoms in total. The fourth-order valence-corrected chi connectivity index (χ4v) is 4.71. The summed E-state index contributed by atoms with van der Waals surface area (Å²) >= 11 is 0. The van der Waals surface area contributed by atoms with Crippen molar-refractivity contribution in [2.45, 2.75) is 43.8 Å². The summed E-state index contributed by atoms with van der Waals surface area (Å²) in [5, 5.41) is 3.69. The zero-order valence-corrected chi connectivity index (χ0v) is 13.9. The van der Waals surface area contributed by atoms with E-state index < -0.39 is 12.6 Å². The van der Waals surface area contributed by atoms with Crippen molar-refractivity contribution < 1.29 is 13.2 Å². The van der Waals surface area contributed by atoms with E-state index in [9.17, 15) is 13.2 Å². The Hall–Kier alpha value is -1.07. The van der Waals surface area contributed by atoms with E-state index in [2.05, 4.69) is 29.6 Å². The minimum atomic E-state index is -4.03. The maximum Gasteiger partial charge on any atom is 0.390 e. The number of benzene rings is 1. The van der Waals surface area contributed by atoms with Gasteiger partial charge in [0.1, 0.15) is 0 Å². The molecule has 132 valence electrons. The van der Waals surface area contributed by atoms with Crippen LogP contribution in [-0.4, -0.2) is 43.3 Å². The van der Waals surface area contributed by atoms with Gasteiger partial charge in [-0.1, -0.05) is 24.3 Å². The molecular formula is C19H25F3N2. The monoisotopic (exact) mass is 338 g/mol. The van der Waals surface area contributed by atoms with E-state index in [1.807, 2.05) is 4.90 Å². The number of nitrogens with zero attached hydrogens (tertiary/aromatic N) is 1. The Balaban J connectivity index is 1.18. The van der Waals surface area contributed by atoms with Gasteiger partial charge in [0.2, 0.25) is 0 Å². The number of hydrogen-bond donors (Lipinski definition) is 1. The van der Waals surface area contributed by atoms with Gasteiger partial charge in [-0.2, -0.15) is 13.2 Å². The fraction of sp³-hybridized carbons (Fsp3) is 0.684. The fourth-order valence-electron chi connectivity index (χ4n) is 4.71. The molecule has 24 heavy (non-hydrogen) atoms. The van der Waals surface area contributed by atoms with Crippen LogP contribution in [0, 0.1) is 11.8 Å². The summed E-state index contributed by atoms with van der Waals surface area (Å²) in [6, 6.07) is 9.27. The van der Waals surface area contributed by atoms with Gasteiger partial charge < -0.3 is 10.2 Å². The normalized spacial score (nSPS) is 30.2. The molecule has 1 aromatic rings. The number of piperidine rings is 1. The first-order valence-corrected chi connectivity index (χ1v) is 9.11. The molecule has 0 aromatic heterocycles. The molecule has 1 aliphatic heterocycles. The number of hydrogen-bond acceptors (Lipinski definition) is 2. The molecule has 1 saturated carbocycles. The average molecular weight is 338 g/mol. The second kappa shape index (κ2) is 6.34. The minimum Gasteiger partial charge on any atom is -0.314 e. The Kier molecular flexibility index (Phi) is 4.33. The Morgan fingerprint density at radius 1 is 1.12 bits per heavy atom. The largest absolute Gasteiger partial charge is 0.390 e. The smallest absolute Gasteiger partial charge is 0.314 e. The first kappa shape index (κ1) is 16.4. The number of halogens is 3. The highest BCUT2D eigenvalue weighted by atomic mass is 19.4. The summed E-state index contributed by atoms with van der Waals surface area (Å²) < 4.78 is 36.8. The SMILES string of the molecule is FC(F)(F)CCN1CCC(NC[C@@H]2[C@H]3Cc4ccccc4[C@H]23)CC1. The molecule has 0 amide bonds. The predicted molar refractivity (Wildman–Crippen MR) is 88.0 cm³/mol. The van der Waals surface area contributed by atoms with Crippen LogP contribution in [0.2, 0.25) is 0 Å². The third-order valence-electron chi connectivity index (χ3n) is 6.14. The summed E-state index contributed by atoms with van der Waals surface area (Å²) in [6.45, 7) is 2.79. The molecular weight excluding hydrogens is 313 g/mol. The average Bonchev–Trinajstić information content (AvgIpc) is 3.09. The van der Waals surface area contributed by atoms with E-state index in [0.717, 1.165) is 50.2 Å². The van der Waals surface area contributed by atoms with Crippen LogP contribution in [0.4, 0.5) is 13.2 Å². The summed E-state index contributed by atoms with van der Waals surface area (Å²) in [5.74, 6) is 2.34. The lowest BCUT2D eigenvalue weighted by molar-refractivity contribution is -0.138. The molecule has 1 N–H and O–H groups in total. The van der Waals surface area contributed by atoms with Gasteiger partial charge in [-0.25, -0.2) is 0 Å². The maximum atomic E-state index is 12.3. The van der Waals surface area contributed by atoms with E-state index in [-0.39, 0.29) is 6.54 Å². The van der Waals surface area contributed by atoms with Crippen molar-refractivity contribution in [3.8, 4) is 0 Å². The molecule has 3 atom stereocenters. The molecule has 1 aromatic carbocycles. The zero-order chi connectivity index (χ0) is 16.7. The maximum absolute atomic E-state index is 12.3. The first-order valence-electron chi connectivity index (χ1n) is 9.11. The standard InChI is InChI=1S/C19H25F3N2/c20-19(21,22)7-10-24-8-5-14(6-9-24)23-12-17-16-11-13-3-1-2-4-15(13)18(16)17/h1-4,14,16-18,23H,5-12H2/t16-,17-,18+/m1/s1. The van der Waals surface area contributed by atoms with Crippen LogP contribution in [0.25, 0.3) is 0 Å². The van der Waals surface area contributed by atoms with E-state index >= 15 is 0 Å². The van der Waals surface area contributed by atoms with Gasteiger partial charge in [0.25, 0.3) is 0 Å². The van der Waals surface area contributed by atoms with Crippen LogP contribution in [0.3, 0.4) is 0 Å². The van der Waals surface area contributed by atoms with Crippen molar-refractivity contribution in [3.63, 3.8) is 0 Å². The summed E-state index contributed by atoms with van der Waals surface area (Å²) in [5.41, 5.74) is 3.08. The highest BCUT2D eigenvalue weighted by Gasteiger charge is 2.54. The second-order valence-corrected chi connectivity index (χ2v) is 7.65. The molecule has 0 radical (unpaired) electrons. The quantitative estimate of drug-likeness (QED) is 0.883.